The first-order chi connectivity index (χ1) is 39.2. The van der Waals surface area contributed by atoms with Crippen LogP contribution in [0.1, 0.15) is 50.1 Å². The molecule has 0 amide bonds. The summed E-state index contributed by atoms with van der Waals surface area (Å²) in [6.07, 6.45) is -13.6. The van der Waals surface area contributed by atoms with Crippen molar-refractivity contribution in [1.29, 1.82) is 0 Å². The highest BCUT2D eigenvalue weighted by Crippen LogP contribution is 2.47. The van der Waals surface area contributed by atoms with E-state index in [-0.39, 0.29) is 13.2 Å². The van der Waals surface area contributed by atoms with Gasteiger partial charge in [0.05, 0.1) is 13.2 Å². The molecule has 9 atom stereocenters. The van der Waals surface area contributed by atoms with Gasteiger partial charge in [0.2, 0.25) is 5.79 Å². The summed E-state index contributed by atoms with van der Waals surface area (Å²) in [6, 6.07) is 87.1. The maximum absolute atomic E-state index is 12.8. The molecule has 0 aromatic heterocycles. The topological polar surface area (TPSA) is 157 Å². The molecule has 2 heterocycles. The van der Waals surface area contributed by atoms with Crippen LogP contribution >= 0.6 is 0 Å². The number of hydrogen-bond acceptors (Lipinski definition) is 11. The Bertz CT molecular complexity index is 3020. The molecule has 2 aliphatic heterocycles. The Hall–Kier alpha value is -7.46. The Kier molecular flexibility index (Phi) is 16.4. The maximum atomic E-state index is 12.8. The van der Waals surface area contributed by atoms with Gasteiger partial charge in [-0.3, -0.25) is 0 Å². The van der Waals surface area contributed by atoms with Crippen LogP contribution in [0.25, 0.3) is 0 Å². The Morgan fingerprint density at radius 3 is 0.863 bits per heavy atom. The lowest BCUT2D eigenvalue weighted by molar-refractivity contribution is -0.389. The van der Waals surface area contributed by atoms with Crippen LogP contribution in [-0.4, -0.2) is 100 Å². The molecule has 9 aromatic rings. The van der Waals surface area contributed by atoms with Gasteiger partial charge >= 0.3 is 0 Å². The second kappa shape index (κ2) is 24.1. The van der Waals surface area contributed by atoms with Gasteiger partial charge in [-0.15, -0.1) is 0 Å². The molecule has 0 bridgehead atoms. The van der Waals surface area contributed by atoms with Crippen molar-refractivity contribution in [3.63, 3.8) is 0 Å². The predicted octanol–water partition coefficient (Wildman–Crippen LogP) is 9.65. The smallest absolute Gasteiger partial charge is 0.224 e. The Morgan fingerprint density at radius 1 is 0.312 bits per heavy atom. The summed E-state index contributed by atoms with van der Waals surface area (Å²) in [7, 11) is 0. The second-order valence-electron chi connectivity index (χ2n) is 20.3. The van der Waals surface area contributed by atoms with Crippen molar-refractivity contribution in [1.82, 2.24) is 0 Å². The van der Waals surface area contributed by atoms with Crippen LogP contribution in [0.15, 0.2) is 273 Å². The third-order valence-corrected chi connectivity index (χ3v) is 15.5. The summed E-state index contributed by atoms with van der Waals surface area (Å²) >= 11 is 0. The van der Waals surface area contributed by atoms with Gasteiger partial charge in [-0.1, -0.05) is 273 Å². The SMILES string of the molecule is O[C@@H]1[C@@H](O)[C@@H](O[C@]2(COC(c3ccccc3)(c3ccccc3)c3ccccc3)O[C@H](COC(c3ccccc3)(c3ccccc3)c3ccccc3)[C@@H](O)[C@@H]2O)O[C@H](COC(c2ccccc2)(c2ccccc2)c2ccccc2)[C@H]1O. The molecule has 2 saturated heterocycles. The van der Waals surface area contributed by atoms with E-state index >= 15 is 0 Å². The average molecular weight is 1070 g/mol. The van der Waals surface area contributed by atoms with Crippen LogP contribution in [0, 0.1) is 0 Å². The van der Waals surface area contributed by atoms with Gasteiger partial charge in [0, 0.05) is 0 Å². The lowest BCUT2D eigenvalue weighted by atomic mass is 9.80. The number of rotatable bonds is 20. The second-order valence-corrected chi connectivity index (χ2v) is 20.3. The standard InChI is InChI=1S/C69H64O11/c70-60-58(46-75-67(49-28-10-1-11-29-49,50-30-12-2-13-31-50)51-32-14-3-15-33-51)78-65(63(73)62(60)72)80-66(48-77-69(55-40-22-7-23-41-55,56-42-24-8-25-43-56)57-44-26-9-27-45-57)64(74)61(71)59(79-66)47-76-68(52-34-16-4-17-35-52,53-36-18-5-19-37-53)54-38-20-6-21-39-54/h1-45,58-65,70-74H,46-48H2/t58-,59-,60-,61-,62+,63-,64+,65-,66+/m1/s1. The minimum atomic E-state index is -2.38. The monoisotopic (exact) mass is 1070 g/mol. The van der Waals surface area contributed by atoms with Gasteiger partial charge in [0.1, 0.15) is 66.1 Å². The van der Waals surface area contributed by atoms with Crippen LogP contribution in [0.2, 0.25) is 0 Å². The van der Waals surface area contributed by atoms with Crippen molar-refractivity contribution in [3.05, 3.63) is 323 Å². The molecular formula is C69H64O11. The van der Waals surface area contributed by atoms with Crippen LogP contribution in [-0.2, 0) is 45.2 Å². The zero-order valence-corrected chi connectivity index (χ0v) is 43.9. The first kappa shape index (κ1) is 54.5. The van der Waals surface area contributed by atoms with E-state index < -0.39 is 78.2 Å². The van der Waals surface area contributed by atoms with Crippen LogP contribution in [0.5, 0.6) is 0 Å². The quantitative estimate of drug-likeness (QED) is 0.0464. The molecule has 2 aliphatic rings. The van der Waals surface area contributed by atoms with Gasteiger partial charge < -0.3 is 54.0 Å². The van der Waals surface area contributed by atoms with E-state index in [2.05, 4.69) is 0 Å². The molecule has 11 rings (SSSR count). The molecule has 5 N–H and O–H groups in total. The summed E-state index contributed by atoms with van der Waals surface area (Å²) in [5.41, 5.74) is 3.00. The van der Waals surface area contributed by atoms with Crippen molar-refractivity contribution in [2.75, 3.05) is 19.8 Å². The third-order valence-electron chi connectivity index (χ3n) is 15.5. The van der Waals surface area contributed by atoms with Crippen molar-refractivity contribution in [3.8, 4) is 0 Å². The number of hydrogen-bond donors (Lipinski definition) is 5. The Balaban J connectivity index is 0.993. The van der Waals surface area contributed by atoms with Crippen molar-refractivity contribution < 1.29 is 54.0 Å². The van der Waals surface area contributed by atoms with Crippen LogP contribution in [0.4, 0.5) is 0 Å². The molecule has 9 aromatic carbocycles. The largest absolute Gasteiger partial charge is 0.387 e. The highest BCUT2D eigenvalue weighted by molar-refractivity contribution is 5.50. The molecule has 0 spiro atoms. The molecule has 406 valence electrons. The maximum Gasteiger partial charge on any atom is 0.224 e. The summed E-state index contributed by atoms with van der Waals surface area (Å²) < 4.78 is 42.1. The van der Waals surface area contributed by atoms with E-state index in [0.717, 1.165) is 50.1 Å². The van der Waals surface area contributed by atoms with E-state index in [1.807, 2.05) is 273 Å². The Labute approximate surface area is 466 Å². The van der Waals surface area contributed by atoms with Crippen molar-refractivity contribution in [2.24, 2.45) is 0 Å². The fraction of sp³-hybridized carbons (Fsp3) is 0.217. The number of aliphatic hydroxyl groups excluding tert-OH is 5. The zero-order valence-electron chi connectivity index (χ0n) is 43.9. The van der Waals surface area contributed by atoms with Crippen LogP contribution in [0.3, 0.4) is 0 Å². The third kappa shape index (κ3) is 10.4. The van der Waals surface area contributed by atoms with Gasteiger partial charge in [0.15, 0.2) is 6.29 Å². The molecule has 0 aliphatic carbocycles. The van der Waals surface area contributed by atoms with Gasteiger partial charge in [-0.25, -0.2) is 0 Å². The first-order valence-electron chi connectivity index (χ1n) is 27.0. The molecule has 0 saturated carbocycles. The van der Waals surface area contributed by atoms with E-state index in [0.29, 0.717) is 0 Å². The van der Waals surface area contributed by atoms with E-state index in [1.54, 1.807) is 0 Å². The molecule has 11 heteroatoms. The fourth-order valence-corrected chi connectivity index (χ4v) is 11.5. The lowest BCUT2D eigenvalue weighted by Gasteiger charge is -2.46. The van der Waals surface area contributed by atoms with E-state index in [9.17, 15) is 25.5 Å². The predicted molar refractivity (Wildman–Crippen MR) is 303 cm³/mol. The zero-order chi connectivity index (χ0) is 55.0. The molecule has 80 heavy (non-hydrogen) atoms. The summed E-state index contributed by atoms with van der Waals surface area (Å²) in [5, 5.41) is 61.2. The lowest BCUT2D eigenvalue weighted by Crippen LogP contribution is -2.63. The van der Waals surface area contributed by atoms with E-state index in [4.69, 9.17) is 28.4 Å². The molecule has 2 fully saturated rings. The molecule has 0 unspecified atom stereocenters. The molecular weight excluding hydrogens is 1000 g/mol. The highest BCUT2D eigenvalue weighted by atomic mass is 16.8. The summed E-state index contributed by atoms with van der Waals surface area (Å²) in [6.45, 7) is -1.25. The summed E-state index contributed by atoms with van der Waals surface area (Å²) in [4.78, 5) is 0. The fourth-order valence-electron chi connectivity index (χ4n) is 11.5. The van der Waals surface area contributed by atoms with Crippen LogP contribution < -0.4 is 0 Å². The Morgan fingerprint density at radius 2 is 0.575 bits per heavy atom. The highest BCUT2D eigenvalue weighted by Gasteiger charge is 2.61. The first-order valence-corrected chi connectivity index (χ1v) is 27.0. The van der Waals surface area contributed by atoms with Gasteiger partial charge in [0.25, 0.3) is 0 Å². The minimum Gasteiger partial charge on any atom is -0.387 e. The molecule has 11 nitrogen and oxygen atoms in total. The van der Waals surface area contributed by atoms with Gasteiger partial charge in [-0.2, -0.15) is 0 Å². The number of ether oxygens (including phenoxy) is 6. The minimum absolute atomic E-state index is 0.310. The van der Waals surface area contributed by atoms with Crippen molar-refractivity contribution >= 4 is 0 Å². The van der Waals surface area contributed by atoms with E-state index in [1.165, 1.54) is 0 Å². The normalized spacial score (nSPS) is 23.4. The molecule has 0 radical (unpaired) electrons. The number of aliphatic hydroxyl groups is 5. The summed E-state index contributed by atoms with van der Waals surface area (Å²) in [5.74, 6) is -2.38. The number of benzene rings is 9. The average Bonchev–Trinajstić information content (AvgIpc) is 3.96. The van der Waals surface area contributed by atoms with Gasteiger partial charge in [-0.05, 0) is 50.1 Å². The van der Waals surface area contributed by atoms with Crippen molar-refractivity contribution in [2.45, 2.75) is 71.6 Å².